The lowest BCUT2D eigenvalue weighted by molar-refractivity contribution is -0.131. The summed E-state index contributed by atoms with van der Waals surface area (Å²) >= 11 is 1.32. The van der Waals surface area contributed by atoms with Gasteiger partial charge >= 0.3 is 5.97 Å². The van der Waals surface area contributed by atoms with Crippen molar-refractivity contribution in [2.75, 3.05) is 34.2 Å². The average Bonchev–Trinajstić information content (AvgIpc) is 2.73. The monoisotopic (exact) mass is 296 g/mol. The van der Waals surface area contributed by atoms with Crippen molar-refractivity contribution in [1.29, 1.82) is 0 Å². The average molecular weight is 296 g/mol. The third-order valence-corrected chi connectivity index (χ3v) is 3.96. The van der Waals surface area contributed by atoms with Crippen LogP contribution in [0.25, 0.3) is 6.08 Å². The van der Waals surface area contributed by atoms with Gasteiger partial charge in [-0.2, -0.15) is 0 Å². The highest BCUT2D eigenvalue weighted by Crippen LogP contribution is 2.24. The van der Waals surface area contributed by atoms with E-state index in [2.05, 4.69) is 0 Å². The minimum atomic E-state index is -0.992. The van der Waals surface area contributed by atoms with Crippen molar-refractivity contribution in [3.63, 3.8) is 0 Å². The normalized spacial score (nSPS) is 11.2. The van der Waals surface area contributed by atoms with Gasteiger partial charge in [0.05, 0.1) is 4.88 Å². The molecular formula is C14H20N2O3S. The van der Waals surface area contributed by atoms with Crippen LogP contribution < -0.4 is 0 Å². The second-order valence-corrected chi connectivity index (χ2v) is 5.94. The summed E-state index contributed by atoms with van der Waals surface area (Å²) in [7, 11) is 5.69. The SMILES string of the molecule is Cc1cc(C(=O)N(C)CCN(C)C)sc1/C=C/C(=O)O. The van der Waals surface area contributed by atoms with Gasteiger partial charge in [0, 0.05) is 31.1 Å². The number of carboxylic acids is 1. The Bertz CT molecular complexity index is 520. The van der Waals surface area contributed by atoms with Crippen molar-refractivity contribution in [3.8, 4) is 0 Å². The van der Waals surface area contributed by atoms with E-state index in [-0.39, 0.29) is 5.91 Å². The molecule has 1 aromatic rings. The van der Waals surface area contributed by atoms with Gasteiger partial charge in [-0.25, -0.2) is 4.79 Å². The van der Waals surface area contributed by atoms with E-state index in [4.69, 9.17) is 5.11 Å². The van der Waals surface area contributed by atoms with Crippen LogP contribution in [-0.2, 0) is 4.79 Å². The lowest BCUT2D eigenvalue weighted by atomic mass is 10.2. The molecule has 0 aliphatic heterocycles. The Morgan fingerprint density at radius 3 is 2.50 bits per heavy atom. The molecule has 110 valence electrons. The maximum atomic E-state index is 12.2. The van der Waals surface area contributed by atoms with E-state index >= 15 is 0 Å². The maximum absolute atomic E-state index is 12.2. The van der Waals surface area contributed by atoms with Gasteiger partial charge in [0.15, 0.2) is 0 Å². The molecule has 1 amide bonds. The molecule has 1 aromatic heterocycles. The summed E-state index contributed by atoms with van der Waals surface area (Å²) in [6.07, 6.45) is 2.61. The van der Waals surface area contributed by atoms with Gasteiger partial charge < -0.3 is 14.9 Å². The number of rotatable bonds is 6. The van der Waals surface area contributed by atoms with E-state index in [1.165, 1.54) is 17.4 Å². The minimum Gasteiger partial charge on any atom is -0.478 e. The van der Waals surface area contributed by atoms with E-state index in [0.717, 1.165) is 23.1 Å². The van der Waals surface area contributed by atoms with Gasteiger partial charge in [-0.05, 0) is 38.7 Å². The molecule has 1 N–H and O–H groups in total. The number of carbonyl (C=O) groups is 2. The van der Waals surface area contributed by atoms with Gasteiger partial charge in [0.25, 0.3) is 5.91 Å². The van der Waals surface area contributed by atoms with Crippen molar-refractivity contribution in [2.45, 2.75) is 6.92 Å². The fraction of sp³-hybridized carbons (Fsp3) is 0.429. The zero-order chi connectivity index (χ0) is 15.3. The summed E-state index contributed by atoms with van der Waals surface area (Å²) in [5, 5.41) is 8.63. The lowest BCUT2D eigenvalue weighted by Gasteiger charge is -2.18. The number of carboxylic acid groups (broad SMARTS) is 1. The van der Waals surface area contributed by atoms with Gasteiger partial charge in [0.2, 0.25) is 0 Å². The number of amides is 1. The Kier molecular flexibility index (Phi) is 5.91. The smallest absolute Gasteiger partial charge is 0.328 e. The zero-order valence-electron chi connectivity index (χ0n) is 12.2. The number of carbonyl (C=O) groups excluding carboxylic acids is 1. The van der Waals surface area contributed by atoms with Crippen molar-refractivity contribution >= 4 is 29.3 Å². The Morgan fingerprint density at radius 1 is 1.30 bits per heavy atom. The molecule has 0 atom stereocenters. The van der Waals surface area contributed by atoms with E-state index in [0.29, 0.717) is 11.4 Å². The Balaban J connectivity index is 2.79. The molecular weight excluding hydrogens is 276 g/mol. The number of aliphatic carboxylic acids is 1. The molecule has 20 heavy (non-hydrogen) atoms. The second-order valence-electron chi connectivity index (χ2n) is 4.86. The van der Waals surface area contributed by atoms with Gasteiger partial charge in [-0.15, -0.1) is 11.3 Å². The summed E-state index contributed by atoms with van der Waals surface area (Å²) in [5.41, 5.74) is 0.914. The summed E-state index contributed by atoms with van der Waals surface area (Å²) in [4.78, 5) is 27.9. The molecule has 0 radical (unpaired) electrons. The Labute approximate surface area is 123 Å². The standard InChI is InChI=1S/C14H20N2O3S/c1-10-9-12(20-11(10)5-6-13(17)18)14(19)16(4)8-7-15(2)3/h5-6,9H,7-8H2,1-4H3,(H,17,18)/b6-5+. The molecule has 0 bridgehead atoms. The predicted molar refractivity (Wildman–Crippen MR) is 81.2 cm³/mol. The fourth-order valence-electron chi connectivity index (χ4n) is 1.55. The minimum absolute atomic E-state index is 0.0325. The maximum Gasteiger partial charge on any atom is 0.328 e. The Morgan fingerprint density at radius 2 is 1.95 bits per heavy atom. The van der Waals surface area contributed by atoms with E-state index in [1.807, 2.05) is 25.9 Å². The predicted octanol–water partition coefficient (Wildman–Crippen LogP) is 1.79. The summed E-state index contributed by atoms with van der Waals surface area (Å²) in [6.45, 7) is 3.33. The first-order valence-corrected chi connectivity index (χ1v) is 7.04. The van der Waals surface area contributed by atoms with Crippen LogP contribution in [0, 0.1) is 6.92 Å². The molecule has 5 nitrogen and oxygen atoms in total. The van der Waals surface area contributed by atoms with Crippen LogP contribution in [0.15, 0.2) is 12.1 Å². The van der Waals surface area contributed by atoms with Crippen LogP contribution in [0.5, 0.6) is 0 Å². The molecule has 0 fully saturated rings. The highest BCUT2D eigenvalue weighted by molar-refractivity contribution is 7.15. The summed E-state index contributed by atoms with van der Waals surface area (Å²) in [6, 6.07) is 1.81. The number of hydrogen-bond donors (Lipinski definition) is 1. The molecule has 0 unspecified atom stereocenters. The first kappa shape index (κ1) is 16.4. The highest BCUT2D eigenvalue weighted by atomic mass is 32.1. The molecule has 0 saturated carbocycles. The van der Waals surface area contributed by atoms with E-state index < -0.39 is 5.97 Å². The second kappa shape index (κ2) is 7.21. The molecule has 0 aliphatic carbocycles. The zero-order valence-corrected chi connectivity index (χ0v) is 13.0. The Hall–Kier alpha value is -1.66. The molecule has 6 heteroatoms. The third kappa shape index (κ3) is 4.79. The van der Waals surface area contributed by atoms with Crippen LogP contribution in [-0.4, -0.2) is 61.0 Å². The number of thiophene rings is 1. The lowest BCUT2D eigenvalue weighted by Crippen LogP contribution is -2.33. The first-order chi connectivity index (χ1) is 9.31. The molecule has 0 aliphatic rings. The topological polar surface area (TPSA) is 60.9 Å². The number of aryl methyl sites for hydroxylation is 1. The van der Waals surface area contributed by atoms with Crippen molar-refractivity contribution in [3.05, 3.63) is 27.5 Å². The van der Waals surface area contributed by atoms with Crippen LogP contribution >= 0.6 is 11.3 Å². The van der Waals surface area contributed by atoms with Gasteiger partial charge in [-0.3, -0.25) is 4.79 Å². The molecule has 1 rings (SSSR count). The fourth-order valence-corrected chi connectivity index (χ4v) is 2.63. The summed E-state index contributed by atoms with van der Waals surface area (Å²) in [5.74, 6) is -1.02. The van der Waals surface area contributed by atoms with Crippen molar-refractivity contribution in [2.24, 2.45) is 0 Å². The number of likely N-dealkylation sites (N-methyl/N-ethyl adjacent to an activating group) is 2. The largest absolute Gasteiger partial charge is 0.478 e. The third-order valence-electron chi connectivity index (χ3n) is 2.77. The number of hydrogen-bond acceptors (Lipinski definition) is 4. The molecule has 1 heterocycles. The van der Waals surface area contributed by atoms with Crippen molar-refractivity contribution < 1.29 is 14.7 Å². The van der Waals surface area contributed by atoms with Gasteiger partial charge in [-0.1, -0.05) is 0 Å². The van der Waals surface area contributed by atoms with E-state index in [9.17, 15) is 9.59 Å². The first-order valence-electron chi connectivity index (χ1n) is 6.23. The van der Waals surface area contributed by atoms with Gasteiger partial charge in [0.1, 0.15) is 0 Å². The van der Waals surface area contributed by atoms with Crippen molar-refractivity contribution in [1.82, 2.24) is 9.80 Å². The van der Waals surface area contributed by atoms with Crippen LogP contribution in [0.4, 0.5) is 0 Å². The van der Waals surface area contributed by atoms with Crippen LogP contribution in [0.2, 0.25) is 0 Å². The summed E-state index contributed by atoms with van der Waals surface area (Å²) < 4.78 is 0. The molecule has 0 aromatic carbocycles. The molecule has 0 saturated heterocycles. The highest BCUT2D eigenvalue weighted by Gasteiger charge is 2.15. The van der Waals surface area contributed by atoms with E-state index in [1.54, 1.807) is 18.0 Å². The quantitative estimate of drug-likeness (QED) is 0.813. The van der Waals surface area contributed by atoms with Crippen LogP contribution in [0.1, 0.15) is 20.1 Å². The number of nitrogens with zero attached hydrogens (tertiary/aromatic N) is 2. The molecule has 0 spiro atoms. The van der Waals surface area contributed by atoms with Crippen LogP contribution in [0.3, 0.4) is 0 Å².